The first-order chi connectivity index (χ1) is 18.6. The summed E-state index contributed by atoms with van der Waals surface area (Å²) in [6, 6.07) is 17.6. The minimum Gasteiger partial charge on any atom is -0.378 e. The zero-order valence-corrected chi connectivity index (χ0v) is 21.8. The molecule has 0 bridgehead atoms. The third kappa shape index (κ3) is 6.28. The summed E-state index contributed by atoms with van der Waals surface area (Å²) in [5.74, 6) is 1.61. The average molecular weight is 515 g/mol. The highest BCUT2D eigenvalue weighted by Crippen LogP contribution is 2.22. The van der Waals surface area contributed by atoms with Gasteiger partial charge < -0.3 is 24.8 Å². The molecule has 2 saturated heterocycles. The SMILES string of the molecule is CCC(=O)c1ccc(CC(=O)N2CCN(c3ccnc(Nc4ccc(N5CCOCC5)cc4)n3)CC2)cc1. The van der Waals surface area contributed by atoms with Crippen LogP contribution in [0.25, 0.3) is 0 Å². The number of ether oxygens (including phenoxy) is 1. The molecule has 2 aromatic carbocycles. The summed E-state index contributed by atoms with van der Waals surface area (Å²) in [4.78, 5) is 40.2. The highest BCUT2D eigenvalue weighted by Gasteiger charge is 2.22. The molecule has 38 heavy (non-hydrogen) atoms. The number of piperazine rings is 1. The molecule has 1 N–H and O–H groups in total. The van der Waals surface area contributed by atoms with Crippen LogP contribution in [0.3, 0.4) is 0 Å². The molecule has 1 aromatic heterocycles. The van der Waals surface area contributed by atoms with Crippen molar-refractivity contribution in [2.75, 3.05) is 67.6 Å². The van der Waals surface area contributed by atoms with E-state index in [1.54, 1.807) is 6.20 Å². The molecule has 198 valence electrons. The molecular weight excluding hydrogens is 480 g/mol. The highest BCUT2D eigenvalue weighted by molar-refractivity contribution is 5.95. The van der Waals surface area contributed by atoms with E-state index in [9.17, 15) is 9.59 Å². The number of nitrogens with zero attached hydrogens (tertiary/aromatic N) is 5. The maximum absolute atomic E-state index is 12.9. The first kappa shape index (κ1) is 25.7. The van der Waals surface area contributed by atoms with E-state index in [2.05, 4.69) is 32.2 Å². The van der Waals surface area contributed by atoms with Gasteiger partial charge in [-0.25, -0.2) is 4.98 Å². The number of hydrogen-bond acceptors (Lipinski definition) is 8. The minimum absolute atomic E-state index is 0.102. The van der Waals surface area contributed by atoms with Crippen molar-refractivity contribution in [3.05, 3.63) is 71.9 Å². The molecule has 3 heterocycles. The van der Waals surface area contributed by atoms with Crippen LogP contribution in [0.4, 0.5) is 23.1 Å². The predicted octanol–water partition coefficient (Wildman–Crippen LogP) is 3.54. The van der Waals surface area contributed by atoms with Crippen LogP contribution in [-0.2, 0) is 16.0 Å². The van der Waals surface area contributed by atoms with Crippen molar-refractivity contribution < 1.29 is 14.3 Å². The molecule has 2 aliphatic rings. The van der Waals surface area contributed by atoms with Crippen LogP contribution in [0.15, 0.2) is 60.8 Å². The van der Waals surface area contributed by atoms with E-state index in [1.165, 1.54) is 5.69 Å². The maximum atomic E-state index is 12.9. The van der Waals surface area contributed by atoms with Crippen LogP contribution in [0.5, 0.6) is 0 Å². The van der Waals surface area contributed by atoms with Gasteiger partial charge in [0.2, 0.25) is 11.9 Å². The summed E-state index contributed by atoms with van der Waals surface area (Å²) < 4.78 is 5.44. The summed E-state index contributed by atoms with van der Waals surface area (Å²) in [6.07, 6.45) is 2.58. The van der Waals surface area contributed by atoms with E-state index in [-0.39, 0.29) is 11.7 Å². The van der Waals surface area contributed by atoms with Gasteiger partial charge in [0.25, 0.3) is 0 Å². The van der Waals surface area contributed by atoms with Crippen LogP contribution < -0.4 is 15.1 Å². The molecule has 0 saturated carbocycles. The molecule has 0 radical (unpaired) electrons. The van der Waals surface area contributed by atoms with Crippen molar-refractivity contribution in [2.24, 2.45) is 0 Å². The van der Waals surface area contributed by atoms with Crippen molar-refractivity contribution in [3.63, 3.8) is 0 Å². The number of aromatic nitrogens is 2. The van der Waals surface area contributed by atoms with Crippen LogP contribution in [0.1, 0.15) is 29.3 Å². The second-order valence-electron chi connectivity index (χ2n) is 9.53. The predicted molar refractivity (Wildman–Crippen MR) is 148 cm³/mol. The summed E-state index contributed by atoms with van der Waals surface area (Å²) in [5, 5.41) is 3.30. The Morgan fingerprint density at radius 2 is 1.58 bits per heavy atom. The molecular formula is C29H34N6O3. The highest BCUT2D eigenvalue weighted by atomic mass is 16.5. The largest absolute Gasteiger partial charge is 0.378 e. The molecule has 2 aliphatic heterocycles. The smallest absolute Gasteiger partial charge is 0.229 e. The third-order valence-electron chi connectivity index (χ3n) is 7.05. The van der Waals surface area contributed by atoms with Gasteiger partial charge in [-0.3, -0.25) is 9.59 Å². The Hall–Kier alpha value is -3.98. The van der Waals surface area contributed by atoms with Gasteiger partial charge in [0.15, 0.2) is 5.78 Å². The molecule has 3 aromatic rings. The molecule has 5 rings (SSSR count). The van der Waals surface area contributed by atoms with Gasteiger partial charge in [-0.1, -0.05) is 31.2 Å². The molecule has 1 amide bonds. The summed E-state index contributed by atoms with van der Waals surface area (Å²) in [7, 11) is 0. The molecule has 2 fully saturated rings. The number of amides is 1. The number of nitrogens with one attached hydrogen (secondary N) is 1. The maximum Gasteiger partial charge on any atom is 0.229 e. The number of morpholine rings is 1. The van der Waals surface area contributed by atoms with E-state index in [0.717, 1.165) is 43.4 Å². The Labute approximate surface area is 223 Å². The Balaban J connectivity index is 1.13. The van der Waals surface area contributed by atoms with Crippen molar-refractivity contribution in [2.45, 2.75) is 19.8 Å². The lowest BCUT2D eigenvalue weighted by Gasteiger charge is -2.35. The number of carbonyl (C=O) groups excluding carboxylic acids is 2. The fraction of sp³-hybridized carbons (Fsp3) is 0.379. The van der Waals surface area contributed by atoms with E-state index in [4.69, 9.17) is 9.72 Å². The summed E-state index contributed by atoms with van der Waals surface area (Å²) in [5.41, 5.74) is 3.74. The molecule has 0 unspecified atom stereocenters. The molecule has 0 aliphatic carbocycles. The standard InChI is InChI=1S/C29H34N6O3/c1-2-26(36)23-5-3-22(4-6-23)21-28(37)35-15-13-34(14-16-35)27-11-12-30-29(32-27)31-24-7-9-25(10-8-24)33-17-19-38-20-18-33/h3-12H,2,13-21H2,1H3,(H,30,31,32). The number of carbonyl (C=O) groups is 2. The lowest BCUT2D eigenvalue weighted by atomic mass is 10.0. The Kier molecular flexibility index (Phi) is 8.13. The van der Waals surface area contributed by atoms with Gasteiger partial charge in [-0.2, -0.15) is 4.98 Å². The van der Waals surface area contributed by atoms with E-state index >= 15 is 0 Å². The van der Waals surface area contributed by atoms with Crippen LogP contribution in [-0.4, -0.2) is 79.0 Å². The van der Waals surface area contributed by atoms with Crippen LogP contribution in [0.2, 0.25) is 0 Å². The fourth-order valence-electron chi connectivity index (χ4n) is 4.78. The average Bonchev–Trinajstić information content (AvgIpc) is 2.98. The Bertz CT molecular complexity index is 1230. The van der Waals surface area contributed by atoms with Gasteiger partial charge >= 0.3 is 0 Å². The quantitative estimate of drug-likeness (QED) is 0.457. The third-order valence-corrected chi connectivity index (χ3v) is 7.05. The van der Waals surface area contributed by atoms with Crippen molar-refractivity contribution >= 4 is 34.8 Å². The number of anilines is 4. The number of Topliss-reactive ketones (excluding diaryl/α,β-unsaturated/α-hetero) is 1. The lowest BCUT2D eigenvalue weighted by Crippen LogP contribution is -2.49. The van der Waals surface area contributed by atoms with Gasteiger partial charge in [-0.15, -0.1) is 0 Å². The molecule has 9 nitrogen and oxygen atoms in total. The van der Waals surface area contributed by atoms with Gasteiger partial charge in [0.05, 0.1) is 19.6 Å². The first-order valence-electron chi connectivity index (χ1n) is 13.3. The number of rotatable bonds is 8. The molecule has 0 spiro atoms. The number of hydrogen-bond donors (Lipinski definition) is 1. The Morgan fingerprint density at radius 3 is 2.26 bits per heavy atom. The van der Waals surface area contributed by atoms with Crippen LogP contribution in [0, 0.1) is 0 Å². The van der Waals surface area contributed by atoms with Crippen LogP contribution >= 0.6 is 0 Å². The zero-order valence-electron chi connectivity index (χ0n) is 21.8. The number of ketones is 1. The van der Waals surface area contributed by atoms with Crippen molar-refractivity contribution in [3.8, 4) is 0 Å². The number of benzene rings is 2. The van der Waals surface area contributed by atoms with Gasteiger partial charge in [0, 0.05) is 68.8 Å². The van der Waals surface area contributed by atoms with Crippen molar-refractivity contribution in [1.82, 2.24) is 14.9 Å². The second kappa shape index (κ2) is 12.0. The summed E-state index contributed by atoms with van der Waals surface area (Å²) >= 11 is 0. The monoisotopic (exact) mass is 514 g/mol. The van der Waals surface area contributed by atoms with E-state index in [1.807, 2.05) is 54.3 Å². The zero-order chi connectivity index (χ0) is 26.3. The molecule has 9 heteroatoms. The van der Waals surface area contributed by atoms with Crippen molar-refractivity contribution in [1.29, 1.82) is 0 Å². The Morgan fingerprint density at radius 1 is 0.868 bits per heavy atom. The minimum atomic E-state index is 0.102. The molecule has 0 atom stereocenters. The van der Waals surface area contributed by atoms with E-state index < -0.39 is 0 Å². The lowest BCUT2D eigenvalue weighted by molar-refractivity contribution is -0.130. The van der Waals surface area contributed by atoms with E-state index in [0.29, 0.717) is 50.5 Å². The van der Waals surface area contributed by atoms with Gasteiger partial charge in [-0.05, 0) is 35.9 Å². The topological polar surface area (TPSA) is 90.9 Å². The normalized spacial score (nSPS) is 15.9. The fourth-order valence-corrected chi connectivity index (χ4v) is 4.78. The second-order valence-corrected chi connectivity index (χ2v) is 9.53. The van der Waals surface area contributed by atoms with Gasteiger partial charge in [0.1, 0.15) is 5.82 Å². The first-order valence-corrected chi connectivity index (χ1v) is 13.3. The summed E-state index contributed by atoms with van der Waals surface area (Å²) in [6.45, 7) is 7.89.